The van der Waals surface area contributed by atoms with Gasteiger partial charge in [-0.1, -0.05) is 57.0 Å². The molecular formula is C31H48N4O4S. The molecule has 2 fully saturated rings. The maximum Gasteiger partial charge on any atom is 0.251 e. The van der Waals surface area contributed by atoms with Crippen LogP contribution in [0.25, 0.3) is 0 Å². The minimum absolute atomic E-state index is 0.171. The molecule has 1 saturated heterocycles. The second kappa shape index (κ2) is 13.6. The fraction of sp³-hybridized carbons (Fsp3) is 0.581. The Morgan fingerprint density at radius 3 is 2.58 bits per heavy atom. The van der Waals surface area contributed by atoms with E-state index < -0.39 is 22.9 Å². The summed E-state index contributed by atoms with van der Waals surface area (Å²) < 4.78 is 23.1. The Morgan fingerprint density at radius 2 is 1.88 bits per heavy atom. The lowest BCUT2D eigenvalue weighted by molar-refractivity contribution is 0.0783. The van der Waals surface area contributed by atoms with Gasteiger partial charge in [0.1, 0.15) is 0 Å². The van der Waals surface area contributed by atoms with Crippen LogP contribution in [0, 0.1) is 5.41 Å². The summed E-state index contributed by atoms with van der Waals surface area (Å²) >= 11 is 0. The van der Waals surface area contributed by atoms with Crippen LogP contribution in [0.1, 0.15) is 75.2 Å². The Balaban J connectivity index is 1.55. The number of benzene rings is 2. The van der Waals surface area contributed by atoms with Gasteiger partial charge >= 0.3 is 0 Å². The van der Waals surface area contributed by atoms with Crippen molar-refractivity contribution in [2.75, 3.05) is 35.0 Å². The Bertz CT molecular complexity index is 1110. The van der Waals surface area contributed by atoms with Gasteiger partial charge in [-0.3, -0.25) is 18.2 Å². The SMILES string of the molecule is CCNc1cc(C(=O)NC(Cc2ccccc2)C(O)CNC2CCCCC2(C)C)cc(N2CCCCS2(O)O)c1. The van der Waals surface area contributed by atoms with E-state index in [1.807, 2.05) is 43.3 Å². The lowest BCUT2D eigenvalue weighted by Gasteiger charge is -2.47. The van der Waals surface area contributed by atoms with E-state index in [0.29, 0.717) is 49.1 Å². The average Bonchev–Trinajstić information content (AvgIpc) is 2.92. The molecule has 1 aliphatic heterocycles. The van der Waals surface area contributed by atoms with Crippen LogP contribution >= 0.6 is 10.8 Å². The van der Waals surface area contributed by atoms with Crippen LogP contribution in [0.5, 0.6) is 0 Å². The first kappa shape index (κ1) is 30.7. The summed E-state index contributed by atoms with van der Waals surface area (Å²) in [4.78, 5) is 13.7. The molecule has 2 aromatic rings. The summed E-state index contributed by atoms with van der Waals surface area (Å²) in [5, 5.41) is 21.4. The molecule has 1 amide bonds. The summed E-state index contributed by atoms with van der Waals surface area (Å²) in [5.41, 5.74) is 2.98. The average molecular weight is 573 g/mol. The number of aliphatic hydroxyl groups excluding tert-OH is 1. The summed E-state index contributed by atoms with van der Waals surface area (Å²) in [6, 6.07) is 15.1. The van der Waals surface area contributed by atoms with Crippen LogP contribution in [-0.4, -0.2) is 63.7 Å². The number of hydrogen-bond donors (Lipinski definition) is 6. The molecule has 3 atom stereocenters. The molecule has 1 aliphatic carbocycles. The number of carbonyl (C=O) groups excluding carboxylic acids is 1. The molecule has 2 aliphatic rings. The molecule has 0 radical (unpaired) electrons. The van der Waals surface area contributed by atoms with Gasteiger partial charge < -0.3 is 21.1 Å². The highest BCUT2D eigenvalue weighted by Crippen LogP contribution is 2.50. The van der Waals surface area contributed by atoms with Crippen LogP contribution in [0.15, 0.2) is 48.5 Å². The number of amides is 1. The molecule has 1 saturated carbocycles. The summed E-state index contributed by atoms with van der Waals surface area (Å²) in [6.45, 7) is 8.13. The smallest absolute Gasteiger partial charge is 0.251 e. The summed E-state index contributed by atoms with van der Waals surface area (Å²) in [7, 11) is -2.93. The van der Waals surface area contributed by atoms with E-state index in [0.717, 1.165) is 36.9 Å². The zero-order valence-corrected chi connectivity index (χ0v) is 25.1. The van der Waals surface area contributed by atoms with Crippen molar-refractivity contribution < 1.29 is 19.0 Å². The van der Waals surface area contributed by atoms with E-state index in [4.69, 9.17) is 0 Å². The van der Waals surface area contributed by atoms with Gasteiger partial charge in [0, 0.05) is 36.9 Å². The molecule has 0 aromatic heterocycles. The minimum atomic E-state index is -2.93. The third kappa shape index (κ3) is 7.91. The fourth-order valence-electron chi connectivity index (χ4n) is 5.98. The van der Waals surface area contributed by atoms with Crippen molar-refractivity contribution in [3.8, 4) is 0 Å². The molecular weight excluding hydrogens is 524 g/mol. The number of carbonyl (C=O) groups is 1. The summed E-state index contributed by atoms with van der Waals surface area (Å²) in [6.07, 6.45) is 6.02. The zero-order chi connectivity index (χ0) is 28.8. The number of anilines is 2. The molecule has 4 rings (SSSR count). The third-order valence-corrected chi connectivity index (χ3v) is 10.3. The Labute approximate surface area is 241 Å². The summed E-state index contributed by atoms with van der Waals surface area (Å²) in [5.74, 6) is 0.0308. The highest BCUT2D eigenvalue weighted by Gasteiger charge is 2.33. The van der Waals surface area contributed by atoms with Gasteiger partial charge in [-0.05, 0) is 68.2 Å². The molecule has 0 bridgehead atoms. The van der Waals surface area contributed by atoms with E-state index in [9.17, 15) is 19.0 Å². The Morgan fingerprint density at radius 1 is 1.10 bits per heavy atom. The molecule has 6 N–H and O–H groups in total. The molecule has 3 unspecified atom stereocenters. The van der Waals surface area contributed by atoms with Crippen molar-refractivity contribution in [3.63, 3.8) is 0 Å². The monoisotopic (exact) mass is 572 g/mol. The van der Waals surface area contributed by atoms with E-state index in [1.54, 1.807) is 16.4 Å². The molecule has 9 heteroatoms. The fourth-order valence-corrected chi connectivity index (χ4v) is 7.65. The van der Waals surface area contributed by atoms with Crippen LogP contribution in [0.3, 0.4) is 0 Å². The van der Waals surface area contributed by atoms with Crippen molar-refractivity contribution in [2.45, 2.75) is 83.9 Å². The van der Waals surface area contributed by atoms with Gasteiger partial charge in [-0.15, -0.1) is 10.8 Å². The molecule has 8 nitrogen and oxygen atoms in total. The second-order valence-electron chi connectivity index (χ2n) is 12.0. The molecule has 222 valence electrons. The lowest BCUT2D eigenvalue weighted by Crippen LogP contribution is -2.52. The predicted octanol–water partition coefficient (Wildman–Crippen LogP) is 5.64. The van der Waals surface area contributed by atoms with Crippen molar-refractivity contribution in [3.05, 3.63) is 59.7 Å². The second-order valence-corrected chi connectivity index (χ2v) is 14.1. The van der Waals surface area contributed by atoms with Gasteiger partial charge in [0.25, 0.3) is 5.91 Å². The van der Waals surface area contributed by atoms with Gasteiger partial charge in [-0.25, -0.2) is 0 Å². The van der Waals surface area contributed by atoms with E-state index in [1.165, 1.54) is 12.8 Å². The van der Waals surface area contributed by atoms with E-state index in [-0.39, 0.29) is 11.3 Å². The Kier molecular flexibility index (Phi) is 10.4. The molecule has 1 heterocycles. The first-order valence-corrected chi connectivity index (χ1v) is 16.4. The third-order valence-electron chi connectivity index (χ3n) is 8.39. The number of nitrogens with zero attached hydrogens (tertiary/aromatic N) is 1. The number of rotatable bonds is 11. The van der Waals surface area contributed by atoms with Crippen molar-refractivity contribution in [1.82, 2.24) is 10.6 Å². The predicted molar refractivity (Wildman–Crippen MR) is 166 cm³/mol. The minimum Gasteiger partial charge on any atom is -0.390 e. The normalized spacial score (nSPS) is 22.6. The zero-order valence-electron chi connectivity index (χ0n) is 24.2. The van der Waals surface area contributed by atoms with Gasteiger partial charge in [0.15, 0.2) is 0 Å². The van der Waals surface area contributed by atoms with E-state index in [2.05, 4.69) is 29.8 Å². The van der Waals surface area contributed by atoms with E-state index >= 15 is 0 Å². The van der Waals surface area contributed by atoms with Crippen molar-refractivity contribution >= 4 is 28.1 Å². The van der Waals surface area contributed by atoms with Gasteiger partial charge in [0.2, 0.25) is 0 Å². The van der Waals surface area contributed by atoms with Crippen LogP contribution in [0.4, 0.5) is 11.4 Å². The largest absolute Gasteiger partial charge is 0.390 e. The standard InChI is InChI=1S/C31H48N4O4S/c1-4-32-25-19-24(20-26(21-25)35-16-10-11-17-40(35,38)39)30(37)34-27(18-23-12-6-5-7-13-23)28(36)22-33-29-14-8-9-15-31(29,2)3/h5-7,12-13,19-21,27-29,32-33,36,38-39H,4,8-11,14-18,22H2,1-3H3,(H,34,37). The number of hydrogen-bond acceptors (Lipinski definition) is 7. The van der Waals surface area contributed by atoms with Crippen LogP contribution in [0.2, 0.25) is 0 Å². The first-order chi connectivity index (χ1) is 19.1. The first-order valence-electron chi connectivity index (χ1n) is 14.8. The maximum absolute atomic E-state index is 13.7. The van der Waals surface area contributed by atoms with Crippen molar-refractivity contribution in [1.29, 1.82) is 0 Å². The molecule has 0 spiro atoms. The lowest BCUT2D eigenvalue weighted by atomic mass is 9.73. The topological polar surface area (TPSA) is 117 Å². The highest BCUT2D eigenvalue weighted by atomic mass is 32.3. The Hall–Kier alpha value is -2.30. The number of nitrogens with one attached hydrogen (secondary N) is 3. The highest BCUT2D eigenvalue weighted by molar-refractivity contribution is 8.25. The van der Waals surface area contributed by atoms with Crippen LogP contribution in [-0.2, 0) is 6.42 Å². The molecule has 2 aromatic carbocycles. The molecule has 40 heavy (non-hydrogen) atoms. The number of aliphatic hydroxyl groups is 1. The quantitative estimate of drug-likeness (QED) is 0.206. The van der Waals surface area contributed by atoms with Gasteiger partial charge in [0.05, 0.1) is 23.6 Å². The maximum atomic E-state index is 13.7. The van der Waals surface area contributed by atoms with Crippen LogP contribution < -0.4 is 20.3 Å². The van der Waals surface area contributed by atoms with Crippen molar-refractivity contribution in [2.24, 2.45) is 5.41 Å². The van der Waals surface area contributed by atoms with Gasteiger partial charge in [-0.2, -0.15) is 0 Å².